The molecule has 6 aromatic carbocycles. The first-order valence-corrected chi connectivity index (χ1v) is 18.6. The SMILES string of the molecule is CC(C)(C)c1cc(C(C)(C)C)c2c(c1)oc1ccc(N(c3ccc4c(c3)C(C)(C)c3ccccc3-4)c3ccc4sc5ccccc5c4c3)cc12. The summed E-state index contributed by atoms with van der Waals surface area (Å²) in [6.07, 6.45) is 0. The highest BCUT2D eigenvalue weighted by molar-refractivity contribution is 7.25. The fraction of sp³-hybridized carbons (Fsp3) is 0.234. The van der Waals surface area contributed by atoms with Crippen molar-refractivity contribution in [1.29, 1.82) is 0 Å². The van der Waals surface area contributed by atoms with Gasteiger partial charge in [0.25, 0.3) is 0 Å². The van der Waals surface area contributed by atoms with E-state index in [1.165, 1.54) is 58.9 Å². The third kappa shape index (κ3) is 4.67. The first-order valence-electron chi connectivity index (χ1n) is 17.8. The van der Waals surface area contributed by atoms with Gasteiger partial charge in [-0.2, -0.15) is 0 Å². The van der Waals surface area contributed by atoms with Gasteiger partial charge in [-0.25, -0.2) is 0 Å². The highest BCUT2D eigenvalue weighted by atomic mass is 32.1. The quantitative estimate of drug-likeness (QED) is 0.186. The molecule has 2 heterocycles. The Bertz CT molecular complexity index is 2650. The summed E-state index contributed by atoms with van der Waals surface area (Å²) >= 11 is 1.86. The molecule has 0 atom stereocenters. The van der Waals surface area contributed by atoms with Gasteiger partial charge >= 0.3 is 0 Å². The lowest BCUT2D eigenvalue weighted by atomic mass is 9.79. The van der Waals surface area contributed by atoms with Crippen LogP contribution in [0.5, 0.6) is 0 Å². The molecule has 1 aliphatic rings. The lowest BCUT2D eigenvalue weighted by Gasteiger charge is -2.28. The number of anilines is 3. The van der Waals surface area contributed by atoms with Crippen molar-refractivity contribution >= 4 is 70.5 Å². The zero-order valence-corrected chi connectivity index (χ0v) is 31.0. The third-order valence-corrected chi connectivity index (χ3v) is 12.1. The summed E-state index contributed by atoms with van der Waals surface area (Å²) in [6.45, 7) is 18.5. The average Bonchev–Trinajstić information content (AvgIpc) is 3.71. The van der Waals surface area contributed by atoms with E-state index in [0.717, 1.165) is 33.6 Å². The van der Waals surface area contributed by atoms with Crippen LogP contribution in [-0.4, -0.2) is 0 Å². The third-order valence-electron chi connectivity index (χ3n) is 10.9. The van der Waals surface area contributed by atoms with Gasteiger partial charge in [0, 0.05) is 53.4 Å². The van der Waals surface area contributed by atoms with Crippen LogP contribution in [0.25, 0.3) is 53.2 Å². The predicted octanol–water partition coefficient (Wildman–Crippen LogP) is 14.3. The highest BCUT2D eigenvalue weighted by Gasteiger charge is 2.36. The van der Waals surface area contributed by atoms with E-state index >= 15 is 0 Å². The molecule has 2 nitrogen and oxygen atoms in total. The molecule has 0 aliphatic heterocycles. The Kier molecular flexibility index (Phi) is 6.59. The van der Waals surface area contributed by atoms with Crippen LogP contribution in [0.15, 0.2) is 120 Å². The first-order chi connectivity index (χ1) is 23.8. The highest BCUT2D eigenvalue weighted by Crippen LogP contribution is 2.51. The van der Waals surface area contributed by atoms with Crippen molar-refractivity contribution in [2.45, 2.75) is 71.6 Å². The maximum Gasteiger partial charge on any atom is 0.136 e. The monoisotopic (exact) mass is 669 g/mol. The fourth-order valence-corrected chi connectivity index (χ4v) is 9.28. The van der Waals surface area contributed by atoms with Gasteiger partial charge in [0.15, 0.2) is 0 Å². The smallest absolute Gasteiger partial charge is 0.136 e. The zero-order valence-electron chi connectivity index (χ0n) is 30.2. The minimum atomic E-state index is -0.0990. The van der Waals surface area contributed by atoms with E-state index in [4.69, 9.17) is 4.42 Å². The molecule has 2 aromatic heterocycles. The van der Waals surface area contributed by atoms with Crippen LogP contribution in [-0.2, 0) is 16.2 Å². The van der Waals surface area contributed by atoms with Gasteiger partial charge in [-0.1, -0.05) is 110 Å². The van der Waals surface area contributed by atoms with Crippen molar-refractivity contribution in [1.82, 2.24) is 0 Å². The zero-order chi connectivity index (χ0) is 34.7. The van der Waals surface area contributed by atoms with Crippen LogP contribution in [0.3, 0.4) is 0 Å². The number of hydrogen-bond acceptors (Lipinski definition) is 3. The fourth-order valence-electron chi connectivity index (χ4n) is 8.19. The molecular formula is C47H43NOS. The number of nitrogens with zero attached hydrogens (tertiary/aromatic N) is 1. The average molecular weight is 670 g/mol. The Hall–Kier alpha value is -4.86. The molecule has 0 N–H and O–H groups in total. The van der Waals surface area contributed by atoms with Gasteiger partial charge in [0.2, 0.25) is 0 Å². The number of furan rings is 1. The molecule has 0 saturated heterocycles. The maximum atomic E-state index is 6.67. The summed E-state index contributed by atoms with van der Waals surface area (Å²) in [5.41, 5.74) is 13.2. The number of thiophene rings is 1. The molecule has 0 fully saturated rings. The molecule has 1 aliphatic carbocycles. The van der Waals surface area contributed by atoms with E-state index in [-0.39, 0.29) is 16.2 Å². The number of hydrogen-bond donors (Lipinski definition) is 0. The minimum absolute atomic E-state index is 0.0145. The number of rotatable bonds is 3. The molecule has 3 heteroatoms. The molecule has 0 saturated carbocycles. The van der Waals surface area contributed by atoms with Gasteiger partial charge < -0.3 is 9.32 Å². The predicted molar refractivity (Wildman–Crippen MR) is 216 cm³/mol. The summed E-state index contributed by atoms with van der Waals surface area (Å²) in [7, 11) is 0. The topological polar surface area (TPSA) is 16.4 Å². The Labute approximate surface area is 299 Å². The van der Waals surface area contributed by atoms with E-state index in [2.05, 4.69) is 176 Å². The lowest BCUT2D eigenvalue weighted by Crippen LogP contribution is -2.16. The molecule has 248 valence electrons. The minimum Gasteiger partial charge on any atom is -0.456 e. The summed E-state index contributed by atoms with van der Waals surface area (Å²) < 4.78 is 9.30. The summed E-state index contributed by atoms with van der Waals surface area (Å²) in [6, 6.07) is 43.1. The van der Waals surface area contributed by atoms with Crippen LogP contribution >= 0.6 is 11.3 Å². The molecule has 0 amide bonds. The number of benzene rings is 6. The molecule has 9 rings (SSSR count). The van der Waals surface area contributed by atoms with Crippen molar-refractivity contribution in [3.63, 3.8) is 0 Å². The Morgan fingerprint density at radius 2 is 1.18 bits per heavy atom. The van der Waals surface area contributed by atoms with Crippen molar-refractivity contribution in [3.8, 4) is 11.1 Å². The second-order valence-electron chi connectivity index (χ2n) is 16.7. The Morgan fingerprint density at radius 1 is 0.540 bits per heavy atom. The van der Waals surface area contributed by atoms with Gasteiger partial charge in [0.1, 0.15) is 11.2 Å². The van der Waals surface area contributed by atoms with Crippen LogP contribution < -0.4 is 4.90 Å². The normalized spacial score (nSPS) is 14.2. The van der Waals surface area contributed by atoms with Gasteiger partial charge in [-0.15, -0.1) is 11.3 Å². The van der Waals surface area contributed by atoms with E-state index in [0.29, 0.717) is 0 Å². The summed E-state index contributed by atoms with van der Waals surface area (Å²) in [4.78, 5) is 2.45. The summed E-state index contributed by atoms with van der Waals surface area (Å²) in [5.74, 6) is 0. The van der Waals surface area contributed by atoms with Gasteiger partial charge in [-0.05, 0) is 105 Å². The molecule has 0 unspecified atom stereocenters. The van der Waals surface area contributed by atoms with Gasteiger partial charge in [0.05, 0.1) is 0 Å². The standard InChI is InChI=1S/C47H43NOS/c1-45(2,3)28-23-39(46(4,5)6)44-36-26-29(18-21-40(36)49-41(44)24-28)48(30-19-22-43-35(25-30)34-14-10-12-16-42(34)50-43)31-17-20-33-32-13-9-11-15-37(32)47(7,8)38(33)27-31/h9-27H,1-8H3. The Balaban J connectivity index is 1.30. The second kappa shape index (κ2) is 10.6. The van der Waals surface area contributed by atoms with Crippen molar-refractivity contribution in [2.75, 3.05) is 4.90 Å². The van der Waals surface area contributed by atoms with Crippen LogP contribution in [0.4, 0.5) is 17.1 Å². The van der Waals surface area contributed by atoms with Gasteiger partial charge in [-0.3, -0.25) is 0 Å². The van der Waals surface area contributed by atoms with Crippen molar-refractivity contribution < 1.29 is 4.42 Å². The first kappa shape index (κ1) is 31.1. The molecular weight excluding hydrogens is 627 g/mol. The molecule has 50 heavy (non-hydrogen) atoms. The van der Waals surface area contributed by atoms with E-state index in [1.54, 1.807) is 0 Å². The molecule has 0 spiro atoms. The Morgan fingerprint density at radius 3 is 1.96 bits per heavy atom. The lowest BCUT2D eigenvalue weighted by molar-refractivity contribution is 0.569. The molecule has 0 radical (unpaired) electrons. The van der Waals surface area contributed by atoms with Crippen molar-refractivity contribution in [3.05, 3.63) is 138 Å². The van der Waals surface area contributed by atoms with Crippen molar-refractivity contribution in [2.24, 2.45) is 0 Å². The largest absolute Gasteiger partial charge is 0.456 e. The number of fused-ring (bicyclic) bond motifs is 9. The van der Waals surface area contributed by atoms with Crippen LogP contribution in [0, 0.1) is 0 Å². The van der Waals surface area contributed by atoms with E-state index < -0.39 is 0 Å². The molecule has 0 bridgehead atoms. The van der Waals surface area contributed by atoms with Crippen LogP contribution in [0.1, 0.15) is 77.6 Å². The van der Waals surface area contributed by atoms with E-state index in [1.807, 2.05) is 11.3 Å². The summed E-state index contributed by atoms with van der Waals surface area (Å²) in [5, 5.41) is 4.97. The van der Waals surface area contributed by atoms with E-state index in [9.17, 15) is 0 Å². The van der Waals surface area contributed by atoms with Crippen LogP contribution in [0.2, 0.25) is 0 Å². The maximum absolute atomic E-state index is 6.67. The molecule has 8 aromatic rings. The second-order valence-corrected chi connectivity index (χ2v) is 17.8.